The maximum Gasteiger partial charge on any atom is 0.323 e. The van der Waals surface area contributed by atoms with E-state index in [2.05, 4.69) is 9.97 Å². The molecule has 0 spiro atoms. The van der Waals surface area contributed by atoms with Crippen LogP contribution in [-0.4, -0.2) is 59.7 Å². The maximum atomic E-state index is 10.7. The number of aromatic nitrogens is 2. The van der Waals surface area contributed by atoms with E-state index >= 15 is 0 Å². The average molecular weight is 224 g/mol. The van der Waals surface area contributed by atoms with Crippen molar-refractivity contribution in [1.82, 2.24) is 14.9 Å². The molecule has 1 N–H and O–H groups in total. The molecule has 1 aromatic heterocycles. The van der Waals surface area contributed by atoms with Crippen molar-refractivity contribution in [1.29, 1.82) is 0 Å². The van der Waals surface area contributed by atoms with Crippen molar-refractivity contribution in [2.45, 2.75) is 0 Å². The van der Waals surface area contributed by atoms with Gasteiger partial charge in [-0.05, 0) is 14.1 Å². The summed E-state index contributed by atoms with van der Waals surface area (Å²) in [6, 6.07) is 0. The zero-order valence-corrected chi connectivity index (χ0v) is 9.50. The molecule has 0 radical (unpaired) electrons. The second-order valence-corrected chi connectivity index (χ2v) is 3.68. The quantitative estimate of drug-likeness (QED) is 0.729. The number of hydrogen-bond donors (Lipinski definition) is 1. The van der Waals surface area contributed by atoms with Gasteiger partial charge in [0.25, 0.3) is 0 Å². The number of rotatable bonds is 6. The number of likely N-dealkylation sites (N-methyl/N-ethyl adjacent to an activating group) is 1. The van der Waals surface area contributed by atoms with Gasteiger partial charge < -0.3 is 14.9 Å². The summed E-state index contributed by atoms with van der Waals surface area (Å²) in [4.78, 5) is 22.4. The second-order valence-electron chi connectivity index (χ2n) is 3.68. The van der Waals surface area contributed by atoms with Gasteiger partial charge in [-0.3, -0.25) is 9.78 Å². The van der Waals surface area contributed by atoms with Crippen LogP contribution < -0.4 is 4.90 Å². The van der Waals surface area contributed by atoms with Gasteiger partial charge in [0, 0.05) is 25.5 Å². The minimum atomic E-state index is -0.871. The van der Waals surface area contributed by atoms with E-state index in [9.17, 15) is 4.79 Å². The highest BCUT2D eigenvalue weighted by Crippen LogP contribution is 2.06. The summed E-state index contributed by atoms with van der Waals surface area (Å²) >= 11 is 0. The van der Waals surface area contributed by atoms with Crippen molar-refractivity contribution < 1.29 is 9.90 Å². The van der Waals surface area contributed by atoms with Crippen molar-refractivity contribution in [3.63, 3.8) is 0 Å². The van der Waals surface area contributed by atoms with Gasteiger partial charge in [-0.25, -0.2) is 4.98 Å². The molecule has 0 saturated heterocycles. The lowest BCUT2D eigenvalue weighted by atomic mass is 10.4. The van der Waals surface area contributed by atoms with Gasteiger partial charge in [-0.1, -0.05) is 0 Å². The molecule has 1 rings (SSSR count). The third-order valence-electron chi connectivity index (χ3n) is 2.02. The van der Waals surface area contributed by atoms with Crippen LogP contribution in [0.2, 0.25) is 0 Å². The van der Waals surface area contributed by atoms with Crippen LogP contribution >= 0.6 is 0 Å². The van der Waals surface area contributed by atoms with Gasteiger partial charge in [0.1, 0.15) is 12.4 Å². The fourth-order valence-corrected chi connectivity index (χ4v) is 1.21. The summed E-state index contributed by atoms with van der Waals surface area (Å²) in [5, 5.41) is 8.81. The first-order valence-electron chi connectivity index (χ1n) is 4.97. The van der Waals surface area contributed by atoms with Crippen LogP contribution in [0.3, 0.4) is 0 Å². The molecule has 0 aromatic carbocycles. The Kier molecular flexibility index (Phi) is 4.65. The van der Waals surface area contributed by atoms with E-state index in [1.807, 2.05) is 19.0 Å². The summed E-state index contributed by atoms with van der Waals surface area (Å²) in [6.45, 7) is 1.31. The van der Waals surface area contributed by atoms with E-state index in [-0.39, 0.29) is 6.54 Å². The number of carboxylic acid groups (broad SMARTS) is 1. The van der Waals surface area contributed by atoms with Gasteiger partial charge in [-0.15, -0.1) is 0 Å². The molecule has 6 heteroatoms. The molecule has 1 heterocycles. The van der Waals surface area contributed by atoms with Crippen LogP contribution in [0.1, 0.15) is 0 Å². The van der Waals surface area contributed by atoms with Gasteiger partial charge in [-0.2, -0.15) is 0 Å². The van der Waals surface area contributed by atoms with Crippen LogP contribution in [0.25, 0.3) is 0 Å². The van der Waals surface area contributed by atoms with E-state index in [1.54, 1.807) is 23.5 Å². The molecule has 0 aliphatic rings. The molecule has 0 bridgehead atoms. The van der Waals surface area contributed by atoms with Crippen molar-refractivity contribution in [2.75, 3.05) is 38.6 Å². The molecule has 0 atom stereocenters. The van der Waals surface area contributed by atoms with Crippen LogP contribution in [-0.2, 0) is 4.79 Å². The predicted molar refractivity (Wildman–Crippen MR) is 60.4 cm³/mol. The van der Waals surface area contributed by atoms with Crippen molar-refractivity contribution in [3.05, 3.63) is 18.6 Å². The highest BCUT2D eigenvalue weighted by Gasteiger charge is 2.11. The third kappa shape index (κ3) is 4.22. The summed E-state index contributed by atoms with van der Waals surface area (Å²) in [5.74, 6) is -0.281. The Bertz CT molecular complexity index is 329. The largest absolute Gasteiger partial charge is 0.480 e. The Morgan fingerprint density at radius 1 is 1.38 bits per heavy atom. The molecule has 0 amide bonds. The lowest BCUT2D eigenvalue weighted by Crippen LogP contribution is -2.36. The Labute approximate surface area is 94.5 Å². The molecule has 1 aromatic rings. The molecule has 0 saturated carbocycles. The third-order valence-corrected chi connectivity index (χ3v) is 2.02. The van der Waals surface area contributed by atoms with E-state index in [0.29, 0.717) is 12.4 Å². The number of hydrogen-bond acceptors (Lipinski definition) is 5. The van der Waals surface area contributed by atoms with Crippen LogP contribution in [0.4, 0.5) is 5.82 Å². The second kappa shape index (κ2) is 6.02. The first-order valence-corrected chi connectivity index (χ1v) is 4.97. The highest BCUT2D eigenvalue weighted by atomic mass is 16.4. The minimum absolute atomic E-state index is 0.0630. The van der Waals surface area contributed by atoms with Crippen molar-refractivity contribution in [2.24, 2.45) is 0 Å². The lowest BCUT2D eigenvalue weighted by molar-refractivity contribution is -0.135. The van der Waals surface area contributed by atoms with Gasteiger partial charge in [0.2, 0.25) is 0 Å². The van der Waals surface area contributed by atoms with Gasteiger partial charge in [0.15, 0.2) is 0 Å². The number of carboxylic acids is 1. The summed E-state index contributed by atoms with van der Waals surface area (Å²) in [5.41, 5.74) is 0. The smallest absolute Gasteiger partial charge is 0.323 e. The van der Waals surface area contributed by atoms with Crippen molar-refractivity contribution >= 4 is 11.8 Å². The molecule has 16 heavy (non-hydrogen) atoms. The van der Waals surface area contributed by atoms with Crippen LogP contribution in [0.5, 0.6) is 0 Å². The molecular weight excluding hydrogens is 208 g/mol. The number of carbonyl (C=O) groups is 1. The first-order chi connectivity index (χ1) is 7.59. The average Bonchev–Trinajstić information content (AvgIpc) is 2.25. The summed E-state index contributed by atoms with van der Waals surface area (Å²) in [7, 11) is 3.88. The zero-order chi connectivity index (χ0) is 12.0. The SMILES string of the molecule is CN(C)CCN(CC(=O)O)c1cnccn1. The molecule has 0 aliphatic heterocycles. The molecule has 0 aliphatic carbocycles. The normalized spacial score (nSPS) is 10.4. The highest BCUT2D eigenvalue weighted by molar-refractivity contribution is 5.73. The van der Waals surface area contributed by atoms with Crippen molar-refractivity contribution in [3.8, 4) is 0 Å². The number of anilines is 1. The number of aliphatic carboxylic acids is 1. The molecule has 0 unspecified atom stereocenters. The van der Waals surface area contributed by atoms with E-state index in [0.717, 1.165) is 6.54 Å². The fourth-order valence-electron chi connectivity index (χ4n) is 1.21. The Hall–Kier alpha value is -1.69. The monoisotopic (exact) mass is 224 g/mol. The van der Waals surface area contributed by atoms with Crippen LogP contribution in [0.15, 0.2) is 18.6 Å². The van der Waals surface area contributed by atoms with E-state index in [4.69, 9.17) is 5.11 Å². The van der Waals surface area contributed by atoms with E-state index in [1.165, 1.54) is 0 Å². The maximum absolute atomic E-state index is 10.7. The van der Waals surface area contributed by atoms with Gasteiger partial charge in [0.05, 0.1) is 6.20 Å². The Balaban J connectivity index is 2.67. The molecular formula is C10H16N4O2. The standard InChI is InChI=1S/C10H16N4O2/c1-13(2)5-6-14(8-10(15)16)9-7-11-3-4-12-9/h3-4,7H,5-6,8H2,1-2H3,(H,15,16). The molecule has 88 valence electrons. The lowest BCUT2D eigenvalue weighted by Gasteiger charge is -2.22. The minimum Gasteiger partial charge on any atom is -0.480 e. The molecule has 6 nitrogen and oxygen atoms in total. The zero-order valence-electron chi connectivity index (χ0n) is 9.50. The summed E-state index contributed by atoms with van der Waals surface area (Å²) in [6.07, 6.45) is 4.69. The van der Waals surface area contributed by atoms with E-state index < -0.39 is 5.97 Å². The molecule has 0 fully saturated rings. The topological polar surface area (TPSA) is 69.6 Å². The summed E-state index contributed by atoms with van der Waals surface area (Å²) < 4.78 is 0. The predicted octanol–water partition coefficient (Wildman–Crippen LogP) is -0.0708. The Morgan fingerprint density at radius 3 is 2.62 bits per heavy atom. The Morgan fingerprint density at radius 2 is 2.12 bits per heavy atom. The van der Waals surface area contributed by atoms with Gasteiger partial charge >= 0.3 is 5.97 Å². The fraction of sp³-hybridized carbons (Fsp3) is 0.500. The first kappa shape index (κ1) is 12.4. The van der Waals surface area contributed by atoms with Crippen LogP contribution in [0, 0.1) is 0 Å². The number of nitrogens with zero attached hydrogens (tertiary/aromatic N) is 4.